The zero-order valence-corrected chi connectivity index (χ0v) is 14.3. The SMILES string of the molecule is COCCN1C[C@@H](c2ccc(OC)cc2)[C@@H]2[C@H]1C1CCN2CC1. The van der Waals surface area contributed by atoms with Crippen LogP contribution in [0.2, 0.25) is 0 Å². The summed E-state index contributed by atoms with van der Waals surface area (Å²) in [7, 11) is 3.55. The Morgan fingerprint density at radius 2 is 1.78 bits per heavy atom. The summed E-state index contributed by atoms with van der Waals surface area (Å²) < 4.78 is 10.7. The molecule has 1 aromatic rings. The highest BCUT2D eigenvalue weighted by Gasteiger charge is 2.52. The predicted molar refractivity (Wildman–Crippen MR) is 91.1 cm³/mol. The molecule has 0 spiro atoms. The first-order valence-electron chi connectivity index (χ1n) is 8.93. The van der Waals surface area contributed by atoms with Crippen LogP contribution < -0.4 is 4.74 Å². The molecule has 0 saturated carbocycles. The van der Waals surface area contributed by atoms with Crippen LogP contribution in [-0.4, -0.2) is 68.9 Å². The van der Waals surface area contributed by atoms with Gasteiger partial charge in [-0.05, 0) is 49.5 Å². The van der Waals surface area contributed by atoms with Crippen molar-refractivity contribution in [2.45, 2.75) is 30.8 Å². The van der Waals surface area contributed by atoms with Gasteiger partial charge in [0.15, 0.2) is 0 Å². The second-order valence-electron chi connectivity index (χ2n) is 7.22. The van der Waals surface area contributed by atoms with Gasteiger partial charge in [-0.15, -0.1) is 0 Å². The maximum atomic E-state index is 5.36. The van der Waals surface area contributed by atoms with E-state index >= 15 is 0 Å². The van der Waals surface area contributed by atoms with Crippen LogP contribution in [0, 0.1) is 5.92 Å². The van der Waals surface area contributed by atoms with Crippen LogP contribution in [0.1, 0.15) is 24.3 Å². The topological polar surface area (TPSA) is 24.9 Å². The number of ether oxygens (including phenoxy) is 2. The minimum Gasteiger partial charge on any atom is -0.497 e. The molecule has 1 aromatic carbocycles. The average Bonchev–Trinajstić information content (AvgIpc) is 3.03. The van der Waals surface area contributed by atoms with Gasteiger partial charge in [0.1, 0.15) is 5.75 Å². The van der Waals surface area contributed by atoms with Gasteiger partial charge in [0.2, 0.25) is 0 Å². The Hall–Kier alpha value is -1.10. The van der Waals surface area contributed by atoms with Crippen molar-refractivity contribution in [3.63, 3.8) is 0 Å². The molecule has 0 aromatic heterocycles. The fourth-order valence-electron chi connectivity index (χ4n) is 5.15. The number of benzene rings is 1. The van der Waals surface area contributed by atoms with Gasteiger partial charge >= 0.3 is 0 Å². The minimum absolute atomic E-state index is 0.617. The first kappa shape index (κ1) is 15.4. The van der Waals surface area contributed by atoms with E-state index in [1.165, 1.54) is 31.5 Å². The lowest BCUT2D eigenvalue weighted by Crippen LogP contribution is -2.60. The standard InChI is InChI=1S/C19H28N2O2/c1-22-12-11-21-13-17(14-3-5-16(23-2)6-4-14)19-18(21)15-7-9-20(19)10-8-15/h3-6,15,17-19H,7-13H2,1-2H3/t17-,18+,19+/m0/s1. The van der Waals surface area contributed by atoms with Crippen LogP contribution >= 0.6 is 0 Å². The Labute approximate surface area is 139 Å². The van der Waals surface area contributed by atoms with Gasteiger partial charge in [0.05, 0.1) is 13.7 Å². The Kier molecular flexibility index (Phi) is 4.31. The predicted octanol–water partition coefficient (Wildman–Crippen LogP) is 2.20. The fourth-order valence-corrected chi connectivity index (χ4v) is 5.15. The first-order valence-corrected chi connectivity index (χ1v) is 8.93. The van der Waals surface area contributed by atoms with E-state index in [0.29, 0.717) is 12.0 Å². The van der Waals surface area contributed by atoms with E-state index in [0.717, 1.165) is 37.4 Å². The number of hydrogen-bond acceptors (Lipinski definition) is 4. The molecule has 4 heterocycles. The minimum atomic E-state index is 0.617. The van der Waals surface area contributed by atoms with Crippen LogP contribution in [0.3, 0.4) is 0 Å². The molecule has 0 aliphatic carbocycles. The maximum Gasteiger partial charge on any atom is 0.118 e. The molecule has 5 rings (SSSR count). The quantitative estimate of drug-likeness (QED) is 0.831. The molecule has 4 nitrogen and oxygen atoms in total. The highest BCUT2D eigenvalue weighted by molar-refractivity contribution is 5.32. The summed E-state index contributed by atoms with van der Waals surface area (Å²) in [6, 6.07) is 10.2. The maximum absolute atomic E-state index is 5.36. The van der Waals surface area contributed by atoms with Crippen molar-refractivity contribution in [2.24, 2.45) is 5.92 Å². The lowest BCUT2D eigenvalue weighted by atomic mass is 9.75. The largest absolute Gasteiger partial charge is 0.497 e. The van der Waals surface area contributed by atoms with Crippen LogP contribution in [0.15, 0.2) is 24.3 Å². The van der Waals surface area contributed by atoms with Crippen LogP contribution in [0.5, 0.6) is 5.75 Å². The number of methoxy groups -OCH3 is 2. The molecule has 0 radical (unpaired) electrons. The summed E-state index contributed by atoms with van der Waals surface area (Å²) in [5.74, 6) is 2.45. The molecule has 2 bridgehead atoms. The molecule has 4 aliphatic heterocycles. The second-order valence-corrected chi connectivity index (χ2v) is 7.22. The molecule has 0 amide bonds. The van der Waals surface area contributed by atoms with Gasteiger partial charge in [0.25, 0.3) is 0 Å². The van der Waals surface area contributed by atoms with Crippen molar-refractivity contribution in [3.05, 3.63) is 29.8 Å². The van der Waals surface area contributed by atoms with Crippen molar-refractivity contribution in [1.82, 2.24) is 9.80 Å². The summed E-state index contributed by atoms with van der Waals surface area (Å²) in [5, 5.41) is 0. The summed E-state index contributed by atoms with van der Waals surface area (Å²) in [6.45, 7) is 5.64. The van der Waals surface area contributed by atoms with Crippen molar-refractivity contribution in [2.75, 3.05) is 47.0 Å². The number of fused-ring (bicyclic) bond motifs is 2. The molecule has 3 atom stereocenters. The molecule has 0 unspecified atom stereocenters. The van der Waals surface area contributed by atoms with E-state index in [4.69, 9.17) is 9.47 Å². The van der Waals surface area contributed by atoms with E-state index in [2.05, 4.69) is 34.1 Å². The fraction of sp³-hybridized carbons (Fsp3) is 0.684. The van der Waals surface area contributed by atoms with Crippen LogP contribution in [0.4, 0.5) is 0 Å². The molecule has 0 N–H and O–H groups in total. The van der Waals surface area contributed by atoms with Crippen LogP contribution in [-0.2, 0) is 4.74 Å². The molecule has 23 heavy (non-hydrogen) atoms. The monoisotopic (exact) mass is 316 g/mol. The second kappa shape index (κ2) is 6.42. The summed E-state index contributed by atoms with van der Waals surface area (Å²) in [4.78, 5) is 5.46. The first-order chi connectivity index (χ1) is 11.3. The van der Waals surface area contributed by atoms with Crippen molar-refractivity contribution in [3.8, 4) is 5.75 Å². The van der Waals surface area contributed by atoms with E-state index < -0.39 is 0 Å². The normalized spacial score (nSPS) is 36.2. The van der Waals surface area contributed by atoms with Gasteiger partial charge in [-0.3, -0.25) is 9.80 Å². The highest BCUT2D eigenvalue weighted by Crippen LogP contribution is 2.46. The molecule has 126 valence electrons. The Balaban J connectivity index is 1.61. The number of hydrogen-bond donors (Lipinski definition) is 0. The van der Waals surface area contributed by atoms with E-state index in [-0.39, 0.29) is 0 Å². The summed E-state index contributed by atoms with van der Waals surface area (Å²) >= 11 is 0. The molecular formula is C19H28N2O2. The van der Waals surface area contributed by atoms with Crippen molar-refractivity contribution >= 4 is 0 Å². The molecule has 4 heteroatoms. The zero-order chi connectivity index (χ0) is 15.8. The lowest BCUT2D eigenvalue weighted by molar-refractivity contribution is -0.0116. The number of rotatable bonds is 5. The number of piperidine rings is 3. The Bertz CT molecular complexity index is 525. The Morgan fingerprint density at radius 3 is 2.43 bits per heavy atom. The van der Waals surface area contributed by atoms with Gasteiger partial charge < -0.3 is 9.47 Å². The zero-order valence-electron chi connectivity index (χ0n) is 14.3. The third-order valence-corrected chi connectivity index (χ3v) is 6.22. The van der Waals surface area contributed by atoms with Crippen molar-refractivity contribution < 1.29 is 9.47 Å². The molecule has 4 aliphatic rings. The number of likely N-dealkylation sites (tertiary alicyclic amines) is 1. The highest BCUT2D eigenvalue weighted by atomic mass is 16.5. The van der Waals surface area contributed by atoms with Gasteiger partial charge in [0, 0.05) is 38.2 Å². The molecule has 4 fully saturated rings. The van der Waals surface area contributed by atoms with Gasteiger partial charge in [-0.1, -0.05) is 12.1 Å². The molecular weight excluding hydrogens is 288 g/mol. The van der Waals surface area contributed by atoms with E-state index in [9.17, 15) is 0 Å². The molecule has 4 saturated heterocycles. The van der Waals surface area contributed by atoms with Crippen LogP contribution in [0.25, 0.3) is 0 Å². The van der Waals surface area contributed by atoms with Gasteiger partial charge in [-0.25, -0.2) is 0 Å². The smallest absolute Gasteiger partial charge is 0.118 e. The van der Waals surface area contributed by atoms with Crippen molar-refractivity contribution in [1.29, 1.82) is 0 Å². The summed E-state index contributed by atoms with van der Waals surface area (Å²) in [6.07, 6.45) is 2.75. The third kappa shape index (κ3) is 2.67. The summed E-state index contributed by atoms with van der Waals surface area (Å²) in [5.41, 5.74) is 1.47. The van der Waals surface area contributed by atoms with E-state index in [1.54, 1.807) is 7.11 Å². The average molecular weight is 316 g/mol. The third-order valence-electron chi connectivity index (χ3n) is 6.22. The van der Waals surface area contributed by atoms with E-state index in [1.807, 2.05) is 7.11 Å². The van der Waals surface area contributed by atoms with Gasteiger partial charge in [-0.2, -0.15) is 0 Å². The number of nitrogens with zero attached hydrogens (tertiary/aromatic N) is 2. The Morgan fingerprint density at radius 1 is 1.04 bits per heavy atom. The lowest BCUT2D eigenvalue weighted by Gasteiger charge is -2.51.